The molecule has 64 valence electrons. The number of nitrogens with zero attached hydrogens (tertiary/aromatic N) is 1. The molecule has 0 saturated carbocycles. The van der Waals surface area contributed by atoms with Gasteiger partial charge in [-0.2, -0.15) is 4.39 Å². The smallest absolute Gasteiger partial charge is 0.222 e. The topological polar surface area (TPSA) is 20.2 Å². The first-order valence-corrected chi connectivity index (χ1v) is 3.19. The van der Waals surface area contributed by atoms with Crippen molar-refractivity contribution in [1.29, 1.82) is 0 Å². The minimum atomic E-state index is -0.392. The van der Waals surface area contributed by atoms with Crippen molar-refractivity contribution in [2.24, 2.45) is 0 Å². The van der Waals surface area contributed by atoms with Crippen molar-refractivity contribution in [2.45, 2.75) is 6.92 Å². The van der Waals surface area contributed by atoms with Crippen LogP contribution in [0, 0.1) is 0 Å². The van der Waals surface area contributed by atoms with E-state index in [-0.39, 0.29) is 30.6 Å². The quantitative estimate of drug-likeness (QED) is 0.334. The van der Waals surface area contributed by atoms with Crippen LogP contribution in [0.1, 0.15) is 6.92 Å². The molecule has 0 bridgehead atoms. The average molecular weight is 263 g/mol. The Morgan fingerprint density at radius 2 is 2.00 bits per heavy atom. The van der Waals surface area contributed by atoms with Crippen molar-refractivity contribution >= 4 is 0 Å². The summed E-state index contributed by atoms with van der Waals surface area (Å²) in [6.45, 7) is 2.82. The number of aliphatic hydroxyl groups is 1. The SMILES string of the molecule is CC[N+](C)(CF)CCO.[I-]. The number of alkyl halides is 1. The van der Waals surface area contributed by atoms with Crippen molar-refractivity contribution in [3.05, 3.63) is 0 Å². The fourth-order valence-electron chi connectivity index (χ4n) is 0.544. The van der Waals surface area contributed by atoms with Crippen LogP contribution >= 0.6 is 0 Å². The van der Waals surface area contributed by atoms with Crippen LogP contribution in [0.25, 0.3) is 0 Å². The molecule has 0 amide bonds. The first-order valence-electron chi connectivity index (χ1n) is 3.19. The van der Waals surface area contributed by atoms with Gasteiger partial charge in [0.15, 0.2) is 0 Å². The second kappa shape index (κ2) is 6.30. The first kappa shape index (κ1) is 13.2. The first-order chi connectivity index (χ1) is 4.18. The molecule has 0 aliphatic rings. The van der Waals surface area contributed by atoms with Gasteiger partial charge >= 0.3 is 0 Å². The average Bonchev–Trinajstić information content (AvgIpc) is 1.89. The van der Waals surface area contributed by atoms with Crippen molar-refractivity contribution in [2.75, 3.05) is 33.5 Å². The Bertz CT molecular complexity index is 78.1. The third kappa shape index (κ3) is 4.40. The molecular formula is C6H15FINO. The third-order valence-corrected chi connectivity index (χ3v) is 1.69. The second-order valence-corrected chi connectivity index (χ2v) is 2.50. The summed E-state index contributed by atoms with van der Waals surface area (Å²) in [5, 5.41) is 8.48. The Kier molecular flexibility index (Phi) is 8.31. The van der Waals surface area contributed by atoms with Crippen LogP contribution < -0.4 is 24.0 Å². The molecule has 2 nitrogen and oxygen atoms in total. The van der Waals surface area contributed by atoms with E-state index in [0.717, 1.165) is 6.54 Å². The van der Waals surface area contributed by atoms with Crippen LogP contribution in [0.2, 0.25) is 0 Å². The normalized spacial score (nSPS) is 15.6. The molecule has 10 heavy (non-hydrogen) atoms. The molecule has 0 aromatic carbocycles. The zero-order valence-electron chi connectivity index (χ0n) is 6.48. The van der Waals surface area contributed by atoms with Gasteiger partial charge in [0.2, 0.25) is 6.80 Å². The highest BCUT2D eigenvalue weighted by atomic mass is 127. The highest BCUT2D eigenvalue weighted by molar-refractivity contribution is 4.27. The van der Waals surface area contributed by atoms with Crippen LogP contribution in [0.15, 0.2) is 0 Å². The van der Waals surface area contributed by atoms with Gasteiger partial charge in [-0.3, -0.25) is 4.48 Å². The van der Waals surface area contributed by atoms with Gasteiger partial charge in [0.25, 0.3) is 0 Å². The van der Waals surface area contributed by atoms with Gasteiger partial charge in [-0.05, 0) is 6.92 Å². The van der Waals surface area contributed by atoms with Crippen molar-refractivity contribution in [3.8, 4) is 0 Å². The summed E-state index contributed by atoms with van der Waals surface area (Å²) in [6, 6.07) is 0. The van der Waals surface area contributed by atoms with Crippen molar-refractivity contribution in [1.82, 2.24) is 0 Å². The second-order valence-electron chi connectivity index (χ2n) is 2.50. The number of aliphatic hydroxyl groups excluding tert-OH is 1. The molecule has 0 aromatic heterocycles. The molecule has 0 aromatic rings. The summed E-state index contributed by atoms with van der Waals surface area (Å²) < 4.78 is 12.4. The Balaban J connectivity index is 0. The predicted molar refractivity (Wildman–Crippen MR) is 34.7 cm³/mol. The van der Waals surface area contributed by atoms with Gasteiger partial charge in [-0.25, -0.2) is 0 Å². The van der Waals surface area contributed by atoms with E-state index in [1.807, 2.05) is 6.92 Å². The number of hydrogen-bond donors (Lipinski definition) is 1. The fourth-order valence-corrected chi connectivity index (χ4v) is 0.544. The molecule has 1 N–H and O–H groups in total. The Hall–Kier alpha value is 0.580. The predicted octanol–water partition coefficient (Wildman–Crippen LogP) is -2.62. The molecule has 0 spiro atoms. The lowest BCUT2D eigenvalue weighted by atomic mass is 10.4. The molecule has 0 rings (SSSR count). The van der Waals surface area contributed by atoms with E-state index in [4.69, 9.17) is 5.11 Å². The van der Waals surface area contributed by atoms with Gasteiger partial charge in [0.05, 0.1) is 20.2 Å². The minimum Gasteiger partial charge on any atom is -1.00 e. The highest BCUT2D eigenvalue weighted by Gasteiger charge is 2.16. The summed E-state index contributed by atoms with van der Waals surface area (Å²) in [6.07, 6.45) is 0. The maximum Gasteiger partial charge on any atom is 0.222 e. The molecule has 1 atom stereocenters. The van der Waals surface area contributed by atoms with Crippen LogP contribution in [0.3, 0.4) is 0 Å². The maximum atomic E-state index is 12.1. The van der Waals surface area contributed by atoms with Crippen LogP contribution in [0.5, 0.6) is 0 Å². The van der Waals surface area contributed by atoms with E-state index >= 15 is 0 Å². The van der Waals surface area contributed by atoms with Crippen LogP contribution in [-0.2, 0) is 0 Å². The zero-order valence-corrected chi connectivity index (χ0v) is 8.64. The molecule has 0 heterocycles. The van der Waals surface area contributed by atoms with E-state index < -0.39 is 6.80 Å². The lowest BCUT2D eigenvalue weighted by molar-refractivity contribution is -0.920. The Morgan fingerprint density at radius 1 is 1.50 bits per heavy atom. The monoisotopic (exact) mass is 263 g/mol. The number of rotatable bonds is 4. The molecule has 0 aliphatic carbocycles. The third-order valence-electron chi connectivity index (χ3n) is 1.69. The zero-order chi connectivity index (χ0) is 7.33. The Labute approximate surface area is 78.6 Å². The van der Waals surface area contributed by atoms with Crippen LogP contribution in [0.4, 0.5) is 4.39 Å². The van der Waals surface area contributed by atoms with E-state index in [9.17, 15) is 4.39 Å². The Morgan fingerprint density at radius 3 is 2.10 bits per heavy atom. The van der Waals surface area contributed by atoms with Crippen molar-refractivity contribution < 1.29 is 38.0 Å². The summed E-state index contributed by atoms with van der Waals surface area (Å²) >= 11 is 0. The highest BCUT2D eigenvalue weighted by Crippen LogP contribution is 1.99. The summed E-state index contributed by atoms with van der Waals surface area (Å²) in [4.78, 5) is 0. The molecular weight excluding hydrogens is 248 g/mol. The molecule has 4 heteroatoms. The number of hydrogen-bond acceptors (Lipinski definition) is 1. The van der Waals surface area contributed by atoms with Gasteiger partial charge in [0, 0.05) is 0 Å². The minimum absolute atomic E-state index is 0. The van der Waals surface area contributed by atoms with E-state index in [0.29, 0.717) is 11.0 Å². The van der Waals surface area contributed by atoms with Gasteiger partial charge in [-0.15, -0.1) is 0 Å². The standard InChI is InChI=1S/C6H15FNO.HI/c1-3-8(2,6-7)4-5-9;/h9H,3-6H2,1-2H3;1H/q+1;/p-1. The lowest BCUT2D eigenvalue weighted by Gasteiger charge is -2.28. The number of quaternary nitrogens is 1. The van der Waals surface area contributed by atoms with Gasteiger partial charge < -0.3 is 29.1 Å². The van der Waals surface area contributed by atoms with E-state index in [1.54, 1.807) is 7.05 Å². The molecule has 0 aliphatic heterocycles. The largest absolute Gasteiger partial charge is 1.00 e. The molecule has 0 fully saturated rings. The molecule has 0 radical (unpaired) electrons. The van der Waals surface area contributed by atoms with Crippen LogP contribution in [-0.4, -0.2) is 43.1 Å². The molecule has 1 unspecified atom stereocenters. The number of halogens is 2. The summed E-state index contributed by atoms with van der Waals surface area (Å²) in [5.41, 5.74) is 0. The van der Waals surface area contributed by atoms with Crippen molar-refractivity contribution in [3.63, 3.8) is 0 Å². The molecule has 0 saturated heterocycles. The maximum absolute atomic E-state index is 12.1. The summed E-state index contributed by atoms with van der Waals surface area (Å²) in [7, 11) is 1.79. The van der Waals surface area contributed by atoms with E-state index in [1.165, 1.54) is 0 Å². The van der Waals surface area contributed by atoms with E-state index in [2.05, 4.69) is 0 Å². The van der Waals surface area contributed by atoms with Gasteiger partial charge in [-0.1, -0.05) is 0 Å². The number of likely N-dealkylation sites (N-methyl/N-ethyl adjacent to an activating group) is 1. The fraction of sp³-hybridized carbons (Fsp3) is 1.00. The van der Waals surface area contributed by atoms with Gasteiger partial charge in [0.1, 0.15) is 6.54 Å². The lowest BCUT2D eigenvalue weighted by Crippen LogP contribution is -3.00. The summed E-state index contributed by atoms with van der Waals surface area (Å²) in [5.74, 6) is 0.